The molecule has 0 atom stereocenters. The molecule has 0 aromatic heterocycles. The van der Waals surface area contributed by atoms with Gasteiger partial charge in [-0.1, -0.05) is 6.07 Å². The van der Waals surface area contributed by atoms with Gasteiger partial charge in [0, 0.05) is 7.05 Å². The third kappa shape index (κ3) is 4.05. The van der Waals surface area contributed by atoms with E-state index >= 15 is 0 Å². The van der Waals surface area contributed by atoms with Crippen LogP contribution in [0, 0.1) is 0 Å². The molecular weight excluding hydrogens is 448 g/mol. The van der Waals surface area contributed by atoms with Crippen LogP contribution in [-0.4, -0.2) is 46.3 Å². The van der Waals surface area contributed by atoms with E-state index in [0.717, 1.165) is 0 Å². The molecule has 1 aliphatic rings. The van der Waals surface area contributed by atoms with E-state index in [-0.39, 0.29) is 23.0 Å². The first-order valence-corrected chi connectivity index (χ1v) is 9.57. The number of halogens is 1. The molecule has 1 heterocycles. The van der Waals surface area contributed by atoms with E-state index in [4.69, 9.17) is 9.84 Å². The van der Waals surface area contributed by atoms with Gasteiger partial charge in [-0.3, -0.25) is 9.69 Å². The summed E-state index contributed by atoms with van der Waals surface area (Å²) in [5.41, 5.74) is 1.23. The van der Waals surface area contributed by atoms with Crippen molar-refractivity contribution >= 4 is 56.5 Å². The highest BCUT2D eigenvalue weighted by Gasteiger charge is 2.30. The number of hydrogen-bond donors (Lipinski definition) is 2. The third-order valence-electron chi connectivity index (χ3n) is 3.89. The first-order chi connectivity index (χ1) is 13.3. The Labute approximate surface area is 173 Å². The van der Waals surface area contributed by atoms with Gasteiger partial charge in [-0.05, 0) is 69.7 Å². The molecule has 1 saturated heterocycles. The van der Waals surface area contributed by atoms with Gasteiger partial charge >= 0.3 is 5.97 Å². The number of carbonyl (C=O) groups is 2. The maximum atomic E-state index is 12.6. The van der Waals surface area contributed by atoms with Crippen molar-refractivity contribution in [2.24, 2.45) is 4.99 Å². The Bertz CT molecular complexity index is 1030. The lowest BCUT2D eigenvalue weighted by molar-refractivity contribution is -0.121. The van der Waals surface area contributed by atoms with Crippen LogP contribution in [0.4, 0.5) is 5.69 Å². The lowest BCUT2D eigenvalue weighted by Crippen LogP contribution is -2.23. The number of aliphatic imine (C=N–C) groups is 1. The van der Waals surface area contributed by atoms with Gasteiger partial charge in [0.1, 0.15) is 0 Å². The molecule has 144 valence electrons. The molecule has 0 aliphatic carbocycles. The number of aromatic carboxylic acids is 1. The maximum Gasteiger partial charge on any atom is 0.335 e. The van der Waals surface area contributed by atoms with E-state index in [1.807, 2.05) is 0 Å². The fraction of sp³-hybridized carbons (Fsp3) is 0.105. The first-order valence-electron chi connectivity index (χ1n) is 7.96. The summed E-state index contributed by atoms with van der Waals surface area (Å²) < 4.78 is 5.57. The number of phenols is 1. The molecule has 0 saturated carbocycles. The van der Waals surface area contributed by atoms with Crippen LogP contribution in [0.2, 0.25) is 0 Å². The minimum atomic E-state index is -1.04. The van der Waals surface area contributed by atoms with Gasteiger partial charge < -0.3 is 14.9 Å². The van der Waals surface area contributed by atoms with Crippen LogP contribution in [0.1, 0.15) is 15.9 Å². The van der Waals surface area contributed by atoms with Crippen molar-refractivity contribution in [3.05, 3.63) is 56.9 Å². The average Bonchev–Trinajstić information content (AvgIpc) is 2.92. The number of ether oxygens (including phenoxy) is 1. The standard InChI is InChI=1S/C19H15BrN2O5S/c1-22-17(24)15(8-10-6-13(20)16(23)14(7-10)27-2)28-19(22)21-12-5-3-4-11(9-12)18(25)26/h3-9,23H,1-2H3,(H,25,26)/b15-8+,21-19?. The second kappa shape index (κ2) is 8.07. The lowest BCUT2D eigenvalue weighted by Gasteiger charge is -2.07. The van der Waals surface area contributed by atoms with Crippen LogP contribution >= 0.6 is 27.7 Å². The minimum Gasteiger partial charge on any atom is -0.503 e. The summed E-state index contributed by atoms with van der Waals surface area (Å²) in [6.07, 6.45) is 1.67. The maximum absolute atomic E-state index is 12.6. The zero-order valence-electron chi connectivity index (χ0n) is 14.8. The number of likely N-dealkylation sites (N-methyl/N-ethyl adjacent to an activating group) is 1. The van der Waals surface area contributed by atoms with Crippen LogP contribution in [0.15, 0.2) is 50.8 Å². The number of phenolic OH excluding ortho intramolecular Hbond substituents is 1. The molecule has 1 aliphatic heterocycles. The molecule has 7 nitrogen and oxygen atoms in total. The highest BCUT2D eigenvalue weighted by molar-refractivity contribution is 9.10. The molecule has 28 heavy (non-hydrogen) atoms. The Balaban J connectivity index is 1.94. The molecule has 1 fully saturated rings. The topological polar surface area (TPSA) is 99.4 Å². The number of nitrogens with zero attached hydrogens (tertiary/aromatic N) is 2. The Morgan fingerprint density at radius 1 is 1.32 bits per heavy atom. The predicted octanol–water partition coefficient (Wildman–Crippen LogP) is 4.10. The Morgan fingerprint density at radius 2 is 2.07 bits per heavy atom. The molecule has 0 bridgehead atoms. The summed E-state index contributed by atoms with van der Waals surface area (Å²) in [5, 5.41) is 19.4. The zero-order valence-corrected chi connectivity index (χ0v) is 17.2. The highest BCUT2D eigenvalue weighted by Crippen LogP contribution is 2.38. The summed E-state index contributed by atoms with van der Waals surface area (Å²) in [6, 6.07) is 9.47. The highest BCUT2D eigenvalue weighted by atomic mass is 79.9. The number of hydrogen-bond acceptors (Lipinski definition) is 6. The number of carbonyl (C=O) groups excluding carboxylic acids is 1. The predicted molar refractivity (Wildman–Crippen MR) is 111 cm³/mol. The van der Waals surface area contributed by atoms with Gasteiger partial charge in [0.05, 0.1) is 27.7 Å². The normalized spacial score (nSPS) is 16.8. The van der Waals surface area contributed by atoms with Crippen molar-refractivity contribution in [3.63, 3.8) is 0 Å². The van der Waals surface area contributed by atoms with E-state index < -0.39 is 5.97 Å². The van der Waals surface area contributed by atoms with E-state index in [1.54, 1.807) is 37.4 Å². The number of carboxylic acid groups (broad SMARTS) is 1. The quantitative estimate of drug-likeness (QED) is 0.663. The third-order valence-corrected chi connectivity index (χ3v) is 5.55. The Kier molecular flexibility index (Phi) is 5.76. The molecular formula is C19H15BrN2O5S. The van der Waals surface area contributed by atoms with Crippen molar-refractivity contribution < 1.29 is 24.5 Å². The molecule has 0 radical (unpaired) electrons. The second-order valence-electron chi connectivity index (χ2n) is 5.78. The number of benzene rings is 2. The zero-order chi connectivity index (χ0) is 20.4. The number of carboxylic acids is 1. The van der Waals surface area contributed by atoms with Gasteiger partial charge in [0.2, 0.25) is 0 Å². The minimum absolute atomic E-state index is 0.0206. The fourth-order valence-electron chi connectivity index (χ4n) is 2.45. The molecule has 0 spiro atoms. The van der Waals surface area contributed by atoms with E-state index in [9.17, 15) is 14.7 Å². The molecule has 2 aromatic rings. The van der Waals surface area contributed by atoms with Crippen molar-refractivity contribution in [1.29, 1.82) is 0 Å². The van der Waals surface area contributed by atoms with E-state index in [2.05, 4.69) is 20.9 Å². The molecule has 9 heteroatoms. The summed E-state index contributed by atoms with van der Waals surface area (Å²) in [6.45, 7) is 0. The number of methoxy groups -OCH3 is 1. The molecule has 2 N–H and O–H groups in total. The Hall–Kier alpha value is -2.78. The number of thioether (sulfide) groups is 1. The van der Waals surface area contributed by atoms with Crippen LogP contribution < -0.4 is 4.74 Å². The summed E-state index contributed by atoms with van der Waals surface area (Å²) in [4.78, 5) is 29.9. The number of amidine groups is 1. The molecule has 3 rings (SSSR count). The molecule has 1 amide bonds. The van der Waals surface area contributed by atoms with Crippen LogP contribution in [0.5, 0.6) is 11.5 Å². The van der Waals surface area contributed by atoms with E-state index in [1.165, 1.54) is 35.9 Å². The largest absolute Gasteiger partial charge is 0.503 e. The molecule has 0 unspecified atom stereocenters. The van der Waals surface area contributed by atoms with Crippen LogP contribution in [-0.2, 0) is 4.79 Å². The van der Waals surface area contributed by atoms with E-state index in [0.29, 0.717) is 25.8 Å². The monoisotopic (exact) mass is 462 g/mol. The number of amides is 1. The SMILES string of the molecule is COc1cc(/C=C2/SC(=Nc3cccc(C(=O)O)c3)N(C)C2=O)cc(Br)c1O. The summed E-state index contributed by atoms with van der Waals surface area (Å²) in [7, 11) is 3.04. The Morgan fingerprint density at radius 3 is 2.75 bits per heavy atom. The van der Waals surface area contributed by atoms with Crippen molar-refractivity contribution in [2.45, 2.75) is 0 Å². The second-order valence-corrected chi connectivity index (χ2v) is 7.64. The average molecular weight is 463 g/mol. The fourth-order valence-corrected chi connectivity index (χ4v) is 3.90. The van der Waals surface area contributed by atoms with Gasteiger partial charge in [0.25, 0.3) is 5.91 Å². The lowest BCUT2D eigenvalue weighted by atomic mass is 10.2. The van der Waals surface area contributed by atoms with Crippen molar-refractivity contribution in [2.75, 3.05) is 14.2 Å². The first kappa shape index (κ1) is 20.0. The molecule has 2 aromatic carbocycles. The number of aromatic hydroxyl groups is 1. The van der Waals surface area contributed by atoms with Gasteiger partial charge in [0.15, 0.2) is 16.7 Å². The number of rotatable bonds is 4. The van der Waals surface area contributed by atoms with Crippen molar-refractivity contribution in [1.82, 2.24) is 4.90 Å². The van der Waals surface area contributed by atoms with Gasteiger partial charge in [-0.15, -0.1) is 0 Å². The van der Waals surface area contributed by atoms with Crippen LogP contribution in [0.3, 0.4) is 0 Å². The van der Waals surface area contributed by atoms with Crippen LogP contribution in [0.25, 0.3) is 6.08 Å². The summed E-state index contributed by atoms with van der Waals surface area (Å²) >= 11 is 4.43. The summed E-state index contributed by atoms with van der Waals surface area (Å²) in [5.74, 6) is -1.02. The van der Waals surface area contributed by atoms with Gasteiger partial charge in [-0.25, -0.2) is 9.79 Å². The smallest absolute Gasteiger partial charge is 0.335 e. The van der Waals surface area contributed by atoms with Gasteiger partial charge in [-0.2, -0.15) is 0 Å². The van der Waals surface area contributed by atoms with Crippen molar-refractivity contribution in [3.8, 4) is 11.5 Å².